The molecule has 1 aliphatic carbocycles. The Kier molecular flexibility index (Phi) is 6.06. The van der Waals surface area contributed by atoms with E-state index in [4.69, 9.17) is 4.74 Å². The highest BCUT2D eigenvalue weighted by molar-refractivity contribution is 5.98. The van der Waals surface area contributed by atoms with Crippen molar-refractivity contribution in [2.75, 3.05) is 31.6 Å². The van der Waals surface area contributed by atoms with Crippen molar-refractivity contribution in [3.8, 4) is 0 Å². The number of carboxylic acids is 2. The maximum atomic E-state index is 12.8. The number of carbonyl (C=O) groups is 3. The number of hydrogen-bond acceptors (Lipinski definition) is 5. The minimum absolute atomic E-state index is 0.328. The lowest BCUT2D eigenvalue weighted by molar-refractivity contribution is -0.146. The van der Waals surface area contributed by atoms with Crippen LogP contribution < -0.4 is 5.32 Å². The number of aliphatic carboxylic acids is 2. The fraction of sp³-hybridized carbons (Fsp3) is 0.409. The first-order valence-corrected chi connectivity index (χ1v) is 10.3. The van der Waals surface area contributed by atoms with Crippen LogP contribution in [0.4, 0.5) is 5.69 Å². The highest BCUT2D eigenvalue weighted by Gasteiger charge is 2.34. The molecule has 0 unspecified atom stereocenters. The van der Waals surface area contributed by atoms with E-state index in [-0.39, 0.29) is 5.91 Å². The molecule has 2 heterocycles. The van der Waals surface area contributed by atoms with E-state index in [1.807, 2.05) is 11.0 Å². The Labute approximate surface area is 178 Å². The van der Waals surface area contributed by atoms with Gasteiger partial charge in [-0.2, -0.15) is 0 Å². The van der Waals surface area contributed by atoms with Crippen LogP contribution in [0.1, 0.15) is 24.4 Å². The van der Waals surface area contributed by atoms with Crippen molar-refractivity contribution in [1.82, 2.24) is 9.88 Å². The minimum atomic E-state index is -0.984. The molecule has 0 bridgehead atoms. The van der Waals surface area contributed by atoms with Crippen molar-refractivity contribution < 1.29 is 29.3 Å². The van der Waals surface area contributed by atoms with Crippen molar-refractivity contribution in [2.24, 2.45) is 11.8 Å². The van der Waals surface area contributed by atoms with Crippen molar-refractivity contribution in [3.63, 3.8) is 0 Å². The lowest BCUT2D eigenvalue weighted by atomic mass is 9.82. The molecule has 1 aromatic carbocycles. The van der Waals surface area contributed by atoms with Gasteiger partial charge in [0, 0.05) is 41.4 Å². The predicted molar refractivity (Wildman–Crippen MR) is 113 cm³/mol. The summed E-state index contributed by atoms with van der Waals surface area (Å²) in [6.07, 6.45) is 6.01. The van der Waals surface area contributed by atoms with Crippen LogP contribution in [0.5, 0.6) is 0 Å². The second kappa shape index (κ2) is 8.91. The number of nitrogens with one attached hydrogen (secondary N) is 2. The van der Waals surface area contributed by atoms with Gasteiger partial charge in [-0.1, -0.05) is 12.2 Å². The zero-order valence-electron chi connectivity index (χ0n) is 16.9. The second-order valence-corrected chi connectivity index (χ2v) is 7.88. The zero-order valence-corrected chi connectivity index (χ0v) is 16.9. The molecule has 9 nitrogen and oxygen atoms in total. The van der Waals surface area contributed by atoms with Gasteiger partial charge in [0.05, 0.1) is 25.0 Å². The number of carbonyl (C=O) groups excluding carboxylic acids is 1. The van der Waals surface area contributed by atoms with E-state index in [2.05, 4.69) is 10.3 Å². The Morgan fingerprint density at radius 3 is 2.48 bits per heavy atom. The van der Waals surface area contributed by atoms with Crippen LogP contribution in [0, 0.1) is 11.8 Å². The van der Waals surface area contributed by atoms with Crippen LogP contribution in [-0.4, -0.2) is 64.2 Å². The number of anilines is 1. The van der Waals surface area contributed by atoms with Crippen LogP contribution in [0.2, 0.25) is 0 Å². The number of nitrogens with zero attached hydrogens (tertiary/aromatic N) is 1. The van der Waals surface area contributed by atoms with Gasteiger partial charge in [0.1, 0.15) is 6.04 Å². The molecule has 1 amide bonds. The molecule has 1 aliphatic heterocycles. The number of hydrogen-bond donors (Lipinski definition) is 4. The van der Waals surface area contributed by atoms with Gasteiger partial charge in [0.2, 0.25) is 5.91 Å². The molecule has 1 aromatic heterocycles. The number of allylic oxidation sites excluding steroid dienone is 2. The SMILES string of the molecule is O=C(Nc1ccc2[nH]cc([C@H](C(=O)O)N3CCOCC3)c2c1)[C@H]1CC=CC[C@H]1C(=O)O. The normalized spacial score (nSPS) is 22.8. The summed E-state index contributed by atoms with van der Waals surface area (Å²) in [5.74, 6) is -3.69. The molecule has 1 fully saturated rings. The van der Waals surface area contributed by atoms with Crippen LogP contribution >= 0.6 is 0 Å². The summed E-state index contributed by atoms with van der Waals surface area (Å²) in [6.45, 7) is 2.00. The summed E-state index contributed by atoms with van der Waals surface area (Å²) in [7, 11) is 0. The Hall–Kier alpha value is -3.17. The molecule has 2 aromatic rings. The van der Waals surface area contributed by atoms with E-state index < -0.39 is 29.8 Å². The summed E-state index contributed by atoms with van der Waals surface area (Å²) in [5.41, 5.74) is 1.88. The number of fused-ring (bicyclic) bond motifs is 1. The third-order valence-electron chi connectivity index (χ3n) is 6.01. The van der Waals surface area contributed by atoms with E-state index >= 15 is 0 Å². The molecule has 164 valence electrons. The number of benzene rings is 1. The Morgan fingerprint density at radius 2 is 1.81 bits per heavy atom. The number of rotatable bonds is 6. The lowest BCUT2D eigenvalue weighted by Gasteiger charge is -2.31. The van der Waals surface area contributed by atoms with E-state index in [1.165, 1.54) is 0 Å². The van der Waals surface area contributed by atoms with Gasteiger partial charge >= 0.3 is 11.9 Å². The standard InChI is InChI=1S/C22H25N3O6/c26-20(14-3-1-2-4-15(14)21(27)28)24-13-5-6-18-16(11-13)17(12-23-18)19(22(29)30)25-7-9-31-10-8-25/h1-2,5-6,11-12,14-15,19,23H,3-4,7-10H2,(H,24,26)(H,27,28)(H,29,30)/t14-,15+,19+/m0/s1. The zero-order chi connectivity index (χ0) is 22.0. The van der Waals surface area contributed by atoms with E-state index in [0.717, 1.165) is 5.52 Å². The first kappa shape index (κ1) is 21.1. The molecule has 4 N–H and O–H groups in total. The average molecular weight is 427 g/mol. The first-order valence-electron chi connectivity index (χ1n) is 10.3. The maximum Gasteiger partial charge on any atom is 0.325 e. The molecule has 1 saturated heterocycles. The largest absolute Gasteiger partial charge is 0.481 e. The van der Waals surface area contributed by atoms with Gasteiger partial charge in [0.25, 0.3) is 0 Å². The summed E-state index contributed by atoms with van der Waals surface area (Å²) >= 11 is 0. The van der Waals surface area contributed by atoms with E-state index in [1.54, 1.807) is 30.5 Å². The van der Waals surface area contributed by atoms with Crippen LogP contribution in [0.3, 0.4) is 0 Å². The van der Waals surface area contributed by atoms with Gasteiger partial charge < -0.3 is 25.3 Å². The second-order valence-electron chi connectivity index (χ2n) is 7.88. The van der Waals surface area contributed by atoms with E-state index in [0.29, 0.717) is 55.8 Å². The van der Waals surface area contributed by atoms with Gasteiger partial charge in [-0.05, 0) is 31.0 Å². The predicted octanol–water partition coefficient (Wildman–Crippen LogP) is 2.23. The third-order valence-corrected chi connectivity index (χ3v) is 6.01. The monoisotopic (exact) mass is 427 g/mol. The molecule has 31 heavy (non-hydrogen) atoms. The summed E-state index contributed by atoms with van der Waals surface area (Å²) in [6, 6.07) is 4.41. The van der Waals surface area contributed by atoms with Gasteiger partial charge in [-0.15, -0.1) is 0 Å². The highest BCUT2D eigenvalue weighted by Crippen LogP contribution is 2.32. The minimum Gasteiger partial charge on any atom is -0.481 e. The number of aromatic nitrogens is 1. The van der Waals surface area contributed by atoms with Crippen molar-refractivity contribution in [3.05, 3.63) is 42.1 Å². The summed E-state index contributed by atoms with van der Waals surface area (Å²) in [5, 5.41) is 22.8. The summed E-state index contributed by atoms with van der Waals surface area (Å²) in [4.78, 5) is 41.4. The maximum absolute atomic E-state index is 12.8. The Morgan fingerprint density at radius 1 is 1.10 bits per heavy atom. The molecular formula is C22H25N3O6. The first-order chi connectivity index (χ1) is 15.0. The number of H-pyrrole nitrogens is 1. The number of ether oxygens (including phenoxy) is 1. The summed E-state index contributed by atoms with van der Waals surface area (Å²) < 4.78 is 5.34. The molecule has 4 rings (SSSR count). The fourth-order valence-corrected chi connectivity index (χ4v) is 4.38. The van der Waals surface area contributed by atoms with Gasteiger partial charge in [-0.3, -0.25) is 19.3 Å². The average Bonchev–Trinajstić information content (AvgIpc) is 3.17. The van der Waals surface area contributed by atoms with Crippen molar-refractivity contribution >= 4 is 34.4 Å². The Balaban J connectivity index is 1.60. The number of amides is 1. The fourth-order valence-electron chi connectivity index (χ4n) is 4.38. The van der Waals surface area contributed by atoms with Crippen LogP contribution in [-0.2, 0) is 19.1 Å². The molecule has 9 heteroatoms. The lowest BCUT2D eigenvalue weighted by Crippen LogP contribution is -2.42. The number of aromatic amines is 1. The molecule has 0 saturated carbocycles. The van der Waals surface area contributed by atoms with Crippen LogP contribution in [0.25, 0.3) is 10.9 Å². The smallest absolute Gasteiger partial charge is 0.325 e. The number of carboxylic acid groups (broad SMARTS) is 2. The van der Waals surface area contributed by atoms with Crippen molar-refractivity contribution in [2.45, 2.75) is 18.9 Å². The molecule has 0 radical (unpaired) electrons. The van der Waals surface area contributed by atoms with E-state index in [9.17, 15) is 24.6 Å². The quantitative estimate of drug-likeness (QED) is 0.520. The van der Waals surface area contributed by atoms with Crippen LogP contribution in [0.15, 0.2) is 36.5 Å². The Bertz CT molecular complexity index is 1020. The van der Waals surface area contributed by atoms with Gasteiger partial charge in [0.15, 0.2) is 0 Å². The highest BCUT2D eigenvalue weighted by atomic mass is 16.5. The topological polar surface area (TPSA) is 132 Å². The van der Waals surface area contributed by atoms with Gasteiger partial charge in [-0.25, -0.2) is 0 Å². The van der Waals surface area contributed by atoms with Crippen molar-refractivity contribution in [1.29, 1.82) is 0 Å². The molecular weight excluding hydrogens is 402 g/mol. The number of morpholine rings is 1. The third kappa shape index (κ3) is 4.33. The molecule has 3 atom stereocenters. The molecule has 0 spiro atoms. The molecule has 2 aliphatic rings.